The number of hydrogen-bond acceptors (Lipinski definition) is 5. The Labute approximate surface area is 132 Å². The second-order valence-electron chi connectivity index (χ2n) is 5.97. The lowest BCUT2D eigenvalue weighted by Gasteiger charge is -2.15. The van der Waals surface area contributed by atoms with Crippen molar-refractivity contribution in [3.05, 3.63) is 11.7 Å². The first-order valence-electron chi connectivity index (χ1n) is 8.48. The maximum Gasteiger partial charge on any atom is 0.228 e. The quantitative estimate of drug-likeness (QED) is 0.709. The minimum absolute atomic E-state index is 0.464. The Morgan fingerprint density at radius 2 is 2.10 bits per heavy atom. The number of rotatable bonds is 10. The predicted octanol–water partition coefficient (Wildman–Crippen LogP) is 3.96. The second kappa shape index (κ2) is 9.46. The van der Waals surface area contributed by atoms with Crippen molar-refractivity contribution in [2.24, 2.45) is 0 Å². The first-order valence-corrected chi connectivity index (χ1v) is 9.53. The number of nitrogens with zero attached hydrogens (tertiary/aromatic N) is 2. The van der Waals surface area contributed by atoms with E-state index in [0.29, 0.717) is 6.04 Å². The highest BCUT2D eigenvalue weighted by molar-refractivity contribution is 7.99. The molecule has 0 amide bonds. The van der Waals surface area contributed by atoms with Gasteiger partial charge in [0.05, 0.1) is 5.75 Å². The second-order valence-corrected chi connectivity index (χ2v) is 7.25. The first-order chi connectivity index (χ1) is 10.3. The van der Waals surface area contributed by atoms with Crippen LogP contribution in [0.5, 0.6) is 0 Å². The van der Waals surface area contributed by atoms with Gasteiger partial charge >= 0.3 is 0 Å². The van der Waals surface area contributed by atoms with Gasteiger partial charge in [-0.25, -0.2) is 0 Å². The van der Waals surface area contributed by atoms with Crippen LogP contribution in [0.25, 0.3) is 0 Å². The summed E-state index contributed by atoms with van der Waals surface area (Å²) in [5.41, 5.74) is 0. The lowest BCUT2D eigenvalue weighted by Crippen LogP contribution is -2.31. The van der Waals surface area contributed by atoms with Crippen LogP contribution in [0.2, 0.25) is 0 Å². The maximum atomic E-state index is 5.42. The molecule has 0 saturated heterocycles. The van der Waals surface area contributed by atoms with Crippen molar-refractivity contribution in [1.29, 1.82) is 0 Å². The molecule has 1 unspecified atom stereocenters. The van der Waals surface area contributed by atoms with Gasteiger partial charge in [-0.15, -0.1) is 0 Å². The smallest absolute Gasteiger partial charge is 0.228 e. The van der Waals surface area contributed by atoms with Gasteiger partial charge in [-0.1, -0.05) is 38.3 Å². The minimum Gasteiger partial charge on any atom is -0.339 e. The van der Waals surface area contributed by atoms with Crippen LogP contribution in [0.3, 0.4) is 0 Å². The molecule has 1 aliphatic carbocycles. The summed E-state index contributed by atoms with van der Waals surface area (Å²) in [4.78, 5) is 4.56. The Morgan fingerprint density at radius 1 is 1.29 bits per heavy atom. The van der Waals surface area contributed by atoms with Gasteiger partial charge in [0.1, 0.15) is 0 Å². The molecule has 1 N–H and O–H groups in total. The molecule has 4 nitrogen and oxygen atoms in total. The summed E-state index contributed by atoms with van der Waals surface area (Å²) in [6.45, 7) is 5.47. The number of nitrogens with one attached hydrogen (secondary N) is 1. The molecule has 0 bridgehead atoms. The third-order valence-electron chi connectivity index (χ3n) is 4.00. The summed E-state index contributed by atoms with van der Waals surface area (Å²) in [7, 11) is 0. The largest absolute Gasteiger partial charge is 0.339 e. The molecule has 0 radical (unpaired) electrons. The van der Waals surface area contributed by atoms with Gasteiger partial charge in [0.25, 0.3) is 0 Å². The van der Waals surface area contributed by atoms with Crippen molar-refractivity contribution in [2.45, 2.75) is 82.3 Å². The minimum atomic E-state index is 0.464. The fraction of sp³-hybridized carbons (Fsp3) is 0.875. The van der Waals surface area contributed by atoms with Gasteiger partial charge in [-0.05, 0) is 32.2 Å². The molecule has 0 aliphatic heterocycles. The fourth-order valence-electron chi connectivity index (χ4n) is 2.86. The molecule has 21 heavy (non-hydrogen) atoms. The predicted molar refractivity (Wildman–Crippen MR) is 88.5 cm³/mol. The molecule has 2 rings (SSSR count). The molecule has 1 aromatic heterocycles. The lowest BCUT2D eigenvalue weighted by atomic mass is 10.1. The topological polar surface area (TPSA) is 51.0 Å². The van der Waals surface area contributed by atoms with E-state index in [-0.39, 0.29) is 0 Å². The zero-order chi connectivity index (χ0) is 14.9. The van der Waals surface area contributed by atoms with E-state index in [1.807, 2.05) is 11.8 Å². The zero-order valence-electron chi connectivity index (χ0n) is 13.4. The van der Waals surface area contributed by atoms with Crippen LogP contribution in [0.1, 0.15) is 70.5 Å². The highest BCUT2D eigenvalue weighted by Gasteiger charge is 2.17. The van der Waals surface area contributed by atoms with E-state index >= 15 is 0 Å². The van der Waals surface area contributed by atoms with Crippen molar-refractivity contribution in [3.63, 3.8) is 0 Å². The summed E-state index contributed by atoms with van der Waals surface area (Å²) in [6.07, 6.45) is 9.84. The third-order valence-corrected chi connectivity index (χ3v) is 5.37. The van der Waals surface area contributed by atoms with Crippen molar-refractivity contribution < 1.29 is 4.52 Å². The molecule has 1 fully saturated rings. The lowest BCUT2D eigenvalue weighted by molar-refractivity contribution is 0.347. The molecule has 1 aliphatic rings. The van der Waals surface area contributed by atoms with Crippen molar-refractivity contribution in [2.75, 3.05) is 6.54 Å². The van der Waals surface area contributed by atoms with Crippen LogP contribution in [-0.4, -0.2) is 28.0 Å². The first kappa shape index (κ1) is 16.8. The molecule has 120 valence electrons. The Kier molecular flexibility index (Phi) is 7.58. The SMILES string of the molecule is CCCNC(CCC)Cc1nc(CSC2CCCC2)no1. The normalized spacial score (nSPS) is 17.4. The summed E-state index contributed by atoms with van der Waals surface area (Å²) in [6, 6.07) is 0.464. The molecule has 1 aromatic rings. The highest BCUT2D eigenvalue weighted by atomic mass is 32.2. The molecule has 1 saturated carbocycles. The Balaban J connectivity index is 1.77. The zero-order valence-corrected chi connectivity index (χ0v) is 14.3. The summed E-state index contributed by atoms with van der Waals surface area (Å²) in [5.74, 6) is 2.56. The Hall–Kier alpha value is -0.550. The van der Waals surface area contributed by atoms with Gasteiger partial charge in [0, 0.05) is 17.7 Å². The van der Waals surface area contributed by atoms with Gasteiger partial charge in [0.15, 0.2) is 5.82 Å². The van der Waals surface area contributed by atoms with Crippen molar-refractivity contribution in [1.82, 2.24) is 15.5 Å². The molecule has 5 heteroatoms. The van der Waals surface area contributed by atoms with E-state index in [4.69, 9.17) is 4.52 Å². The van der Waals surface area contributed by atoms with Crippen LogP contribution >= 0.6 is 11.8 Å². The van der Waals surface area contributed by atoms with E-state index in [1.165, 1.54) is 32.1 Å². The molecule has 1 atom stereocenters. The van der Waals surface area contributed by atoms with E-state index in [0.717, 1.165) is 48.5 Å². The number of hydrogen-bond donors (Lipinski definition) is 1. The van der Waals surface area contributed by atoms with Crippen LogP contribution in [0.4, 0.5) is 0 Å². The average Bonchev–Trinajstić information content (AvgIpc) is 3.14. The maximum absolute atomic E-state index is 5.42. The van der Waals surface area contributed by atoms with Gasteiger partial charge in [0.2, 0.25) is 5.89 Å². The summed E-state index contributed by atoms with van der Waals surface area (Å²) in [5, 5.41) is 8.52. The van der Waals surface area contributed by atoms with Crippen LogP contribution in [-0.2, 0) is 12.2 Å². The molecule has 1 heterocycles. The van der Waals surface area contributed by atoms with E-state index in [9.17, 15) is 0 Å². The highest BCUT2D eigenvalue weighted by Crippen LogP contribution is 2.30. The average molecular weight is 311 g/mol. The number of thioether (sulfide) groups is 1. The van der Waals surface area contributed by atoms with E-state index in [1.54, 1.807) is 0 Å². The standard InChI is InChI=1S/C16H29N3OS/c1-3-7-13(17-10-4-2)11-16-18-15(19-20-16)12-21-14-8-5-6-9-14/h13-14,17H,3-12H2,1-2H3. The fourth-order valence-corrected chi connectivity index (χ4v) is 4.03. The summed E-state index contributed by atoms with van der Waals surface area (Å²) < 4.78 is 5.42. The van der Waals surface area contributed by atoms with Crippen molar-refractivity contribution in [3.8, 4) is 0 Å². The van der Waals surface area contributed by atoms with E-state index in [2.05, 4.69) is 29.3 Å². The Morgan fingerprint density at radius 3 is 2.81 bits per heavy atom. The van der Waals surface area contributed by atoms with Gasteiger partial charge < -0.3 is 9.84 Å². The molecular weight excluding hydrogens is 282 g/mol. The Bertz CT molecular complexity index is 391. The monoisotopic (exact) mass is 311 g/mol. The van der Waals surface area contributed by atoms with Gasteiger partial charge in [-0.3, -0.25) is 0 Å². The van der Waals surface area contributed by atoms with Crippen LogP contribution in [0.15, 0.2) is 4.52 Å². The molecule has 0 aromatic carbocycles. The molecular formula is C16H29N3OS. The number of aromatic nitrogens is 2. The van der Waals surface area contributed by atoms with Crippen LogP contribution < -0.4 is 5.32 Å². The van der Waals surface area contributed by atoms with E-state index < -0.39 is 0 Å². The van der Waals surface area contributed by atoms with Crippen molar-refractivity contribution >= 4 is 11.8 Å². The van der Waals surface area contributed by atoms with Gasteiger partial charge in [-0.2, -0.15) is 16.7 Å². The molecule has 0 spiro atoms. The summed E-state index contributed by atoms with van der Waals surface area (Å²) >= 11 is 1.99. The van der Waals surface area contributed by atoms with Crippen LogP contribution in [0, 0.1) is 0 Å². The third kappa shape index (κ3) is 5.99.